The summed E-state index contributed by atoms with van der Waals surface area (Å²) >= 11 is 15.1. The van der Waals surface area contributed by atoms with E-state index in [9.17, 15) is 14.7 Å². The largest absolute Gasteiger partial charge is 0.395 e. The second-order valence-corrected chi connectivity index (χ2v) is 7.83. The fourth-order valence-corrected chi connectivity index (χ4v) is 5.81. The molecule has 4 nitrogen and oxygen atoms in total. The Kier molecular flexibility index (Phi) is 5.85. The molecule has 0 spiro atoms. The molecule has 2 rings (SSSR count). The van der Waals surface area contributed by atoms with E-state index in [0.29, 0.717) is 10.0 Å². The van der Waals surface area contributed by atoms with Gasteiger partial charge in [0.15, 0.2) is 0 Å². The number of hydrogen-bond donors (Lipinski definition) is 2. The van der Waals surface area contributed by atoms with Crippen LogP contribution in [0.2, 0.25) is 10.0 Å². The first-order valence-corrected chi connectivity index (χ1v) is 8.65. The zero-order chi connectivity index (χ0) is 15.6. The number of benzene rings is 1. The molecule has 1 amide bonds. The summed E-state index contributed by atoms with van der Waals surface area (Å²) < 4.78 is 0. The van der Waals surface area contributed by atoms with Crippen LogP contribution in [0.1, 0.15) is 6.42 Å². The minimum atomic E-state index is -0.569. The highest BCUT2D eigenvalue weighted by Gasteiger charge is 2.37. The highest BCUT2D eigenvalue weighted by Crippen LogP contribution is 2.52. The Labute approximate surface area is 140 Å². The third-order valence-electron chi connectivity index (χ3n) is 3.12. The topological polar surface area (TPSA) is 80.4 Å². The zero-order valence-corrected chi connectivity index (χ0v) is 13.9. The summed E-state index contributed by atoms with van der Waals surface area (Å²) in [5.74, 6) is -1.11. The SMILES string of the molecule is NC(=O)CC(C=O)C1Sc2c(Cl)ccc(Cl)c2SC1CO. The molecule has 0 saturated carbocycles. The lowest BCUT2D eigenvalue weighted by molar-refractivity contribution is -0.122. The summed E-state index contributed by atoms with van der Waals surface area (Å²) in [6.07, 6.45) is 0.667. The Morgan fingerprint density at radius 3 is 2.38 bits per heavy atom. The Balaban J connectivity index is 2.37. The predicted molar refractivity (Wildman–Crippen MR) is 86.2 cm³/mol. The molecule has 0 fully saturated rings. The highest BCUT2D eigenvalue weighted by atomic mass is 35.5. The number of amides is 1. The van der Waals surface area contributed by atoms with Gasteiger partial charge in [-0.2, -0.15) is 0 Å². The van der Waals surface area contributed by atoms with Crippen molar-refractivity contribution in [3.8, 4) is 0 Å². The number of halogens is 2. The van der Waals surface area contributed by atoms with Gasteiger partial charge in [0.25, 0.3) is 0 Å². The van der Waals surface area contributed by atoms with E-state index in [0.717, 1.165) is 16.1 Å². The van der Waals surface area contributed by atoms with Crippen molar-refractivity contribution in [3.63, 3.8) is 0 Å². The molecule has 1 aromatic rings. The number of aliphatic hydroxyl groups excluding tert-OH is 1. The third-order valence-corrected chi connectivity index (χ3v) is 7.29. The van der Waals surface area contributed by atoms with Crippen LogP contribution < -0.4 is 5.73 Å². The number of carbonyl (C=O) groups excluding carboxylic acids is 2. The lowest BCUT2D eigenvalue weighted by Crippen LogP contribution is -2.36. The van der Waals surface area contributed by atoms with Crippen LogP contribution in [-0.2, 0) is 9.59 Å². The summed E-state index contributed by atoms with van der Waals surface area (Å²) in [4.78, 5) is 24.0. The first-order valence-electron chi connectivity index (χ1n) is 6.13. The maximum atomic E-state index is 11.3. The van der Waals surface area contributed by atoms with Gasteiger partial charge < -0.3 is 15.6 Å². The molecule has 1 heterocycles. The van der Waals surface area contributed by atoms with Gasteiger partial charge in [-0.15, -0.1) is 23.5 Å². The molecule has 0 bridgehead atoms. The van der Waals surface area contributed by atoms with E-state index in [1.165, 1.54) is 23.5 Å². The van der Waals surface area contributed by atoms with Gasteiger partial charge in [0.05, 0.1) is 16.7 Å². The van der Waals surface area contributed by atoms with Crippen LogP contribution in [-0.4, -0.2) is 34.4 Å². The van der Waals surface area contributed by atoms with Crippen LogP contribution in [0.5, 0.6) is 0 Å². The van der Waals surface area contributed by atoms with E-state index in [4.69, 9.17) is 28.9 Å². The van der Waals surface area contributed by atoms with Crippen molar-refractivity contribution in [1.82, 2.24) is 0 Å². The molecule has 1 aliphatic rings. The number of thioether (sulfide) groups is 2. The molecule has 3 N–H and O–H groups in total. The molecule has 8 heteroatoms. The van der Waals surface area contributed by atoms with Gasteiger partial charge in [0, 0.05) is 32.6 Å². The molecule has 3 atom stereocenters. The zero-order valence-electron chi connectivity index (χ0n) is 10.8. The third kappa shape index (κ3) is 3.68. The van der Waals surface area contributed by atoms with Crippen molar-refractivity contribution in [2.24, 2.45) is 11.7 Å². The van der Waals surface area contributed by atoms with E-state index in [-0.39, 0.29) is 23.5 Å². The molecule has 0 aromatic heterocycles. The first-order chi connectivity index (χ1) is 9.97. The monoisotopic (exact) mass is 365 g/mol. The normalized spacial score (nSPS) is 22.4. The Hall–Kier alpha value is -0.400. The number of fused-ring (bicyclic) bond motifs is 1. The lowest BCUT2D eigenvalue weighted by atomic mass is 10.00. The van der Waals surface area contributed by atoms with Crippen LogP contribution >= 0.6 is 46.7 Å². The van der Waals surface area contributed by atoms with Crippen LogP contribution in [0.3, 0.4) is 0 Å². The van der Waals surface area contributed by atoms with E-state index in [2.05, 4.69) is 0 Å². The summed E-state index contributed by atoms with van der Waals surface area (Å²) in [6.45, 7) is -0.131. The van der Waals surface area contributed by atoms with Crippen molar-refractivity contribution in [3.05, 3.63) is 22.2 Å². The van der Waals surface area contributed by atoms with Crippen LogP contribution in [0, 0.1) is 5.92 Å². The van der Waals surface area contributed by atoms with Crippen molar-refractivity contribution in [1.29, 1.82) is 0 Å². The Morgan fingerprint density at radius 2 is 1.90 bits per heavy atom. The molecule has 0 saturated heterocycles. The second-order valence-electron chi connectivity index (χ2n) is 4.58. The number of nitrogens with two attached hydrogens (primary N) is 1. The fourth-order valence-electron chi connectivity index (χ4n) is 2.14. The molecule has 21 heavy (non-hydrogen) atoms. The van der Waals surface area contributed by atoms with Gasteiger partial charge in [-0.1, -0.05) is 23.2 Å². The van der Waals surface area contributed by atoms with Crippen LogP contribution in [0.4, 0.5) is 0 Å². The Bertz CT molecular complexity index is 571. The van der Waals surface area contributed by atoms with Crippen molar-refractivity contribution in [2.75, 3.05) is 6.61 Å². The predicted octanol–water partition coefficient (Wildman–Crippen LogP) is 2.61. The van der Waals surface area contributed by atoms with Gasteiger partial charge in [-0.3, -0.25) is 4.79 Å². The van der Waals surface area contributed by atoms with E-state index >= 15 is 0 Å². The van der Waals surface area contributed by atoms with Crippen LogP contribution in [0.25, 0.3) is 0 Å². The number of aliphatic hydroxyl groups is 1. The fraction of sp³-hybridized carbons (Fsp3) is 0.385. The van der Waals surface area contributed by atoms with E-state index in [1.54, 1.807) is 12.1 Å². The molecular formula is C13H13Cl2NO3S2. The maximum absolute atomic E-state index is 11.3. The summed E-state index contributed by atoms with van der Waals surface area (Å²) in [7, 11) is 0. The lowest BCUT2D eigenvalue weighted by Gasteiger charge is -2.34. The van der Waals surface area contributed by atoms with Gasteiger partial charge >= 0.3 is 0 Å². The first kappa shape index (κ1) is 17.0. The van der Waals surface area contributed by atoms with Gasteiger partial charge in [0.2, 0.25) is 5.91 Å². The second kappa shape index (κ2) is 7.24. The van der Waals surface area contributed by atoms with Crippen LogP contribution in [0.15, 0.2) is 21.9 Å². The maximum Gasteiger partial charge on any atom is 0.218 e. The van der Waals surface area contributed by atoms with Crippen molar-refractivity contribution >= 4 is 58.9 Å². The number of primary amides is 1. The summed E-state index contributed by atoms with van der Waals surface area (Å²) in [5, 5.41) is 10.1. The molecule has 1 aliphatic heterocycles. The molecule has 0 aliphatic carbocycles. The standard InChI is InChI=1S/C13H13Cl2NO3S2/c14-7-1-2-8(15)13-12(7)20-9(5-18)11(21-13)6(4-17)3-10(16)19/h1-2,4,6,9,11,18H,3,5H2,(H2,16,19). The molecule has 1 aromatic carbocycles. The number of aldehydes is 1. The molecule has 114 valence electrons. The average Bonchev–Trinajstić information content (AvgIpc) is 2.47. The van der Waals surface area contributed by atoms with Gasteiger partial charge in [-0.25, -0.2) is 0 Å². The number of rotatable bonds is 5. The number of carbonyl (C=O) groups is 2. The van der Waals surface area contributed by atoms with Crippen molar-refractivity contribution in [2.45, 2.75) is 26.7 Å². The molecular weight excluding hydrogens is 353 g/mol. The van der Waals surface area contributed by atoms with Crippen molar-refractivity contribution < 1.29 is 14.7 Å². The van der Waals surface area contributed by atoms with Gasteiger partial charge in [0.1, 0.15) is 6.29 Å². The summed E-state index contributed by atoms with van der Waals surface area (Å²) in [6, 6.07) is 3.39. The molecule has 3 unspecified atom stereocenters. The van der Waals surface area contributed by atoms with E-state index in [1.807, 2.05) is 0 Å². The highest BCUT2D eigenvalue weighted by molar-refractivity contribution is 8.06. The minimum Gasteiger partial charge on any atom is -0.395 e. The number of hydrogen-bond acceptors (Lipinski definition) is 5. The molecule has 0 radical (unpaired) electrons. The summed E-state index contributed by atoms with van der Waals surface area (Å²) in [5.41, 5.74) is 5.19. The van der Waals surface area contributed by atoms with Gasteiger partial charge in [-0.05, 0) is 12.1 Å². The van der Waals surface area contributed by atoms with E-state index < -0.39 is 11.8 Å². The smallest absolute Gasteiger partial charge is 0.218 e. The average molecular weight is 366 g/mol. The Morgan fingerprint density at radius 1 is 1.33 bits per heavy atom. The minimum absolute atomic E-state index is 0.0499. The quantitative estimate of drug-likeness (QED) is 0.783.